The van der Waals surface area contributed by atoms with Gasteiger partial charge in [-0.15, -0.1) is 0 Å². The Morgan fingerprint density at radius 3 is 2.63 bits per heavy atom. The molecule has 0 saturated carbocycles. The monoisotopic (exact) mass is 380 g/mol. The first-order valence-corrected chi connectivity index (χ1v) is 10.5. The fourth-order valence-electron chi connectivity index (χ4n) is 3.99. The van der Waals surface area contributed by atoms with Crippen molar-refractivity contribution in [2.45, 2.75) is 58.7 Å². The second kappa shape index (κ2) is 10.3. The van der Waals surface area contributed by atoms with E-state index in [4.69, 9.17) is 0 Å². The minimum atomic E-state index is 0.0235. The fourth-order valence-corrected chi connectivity index (χ4v) is 3.99. The Morgan fingerprint density at radius 2 is 2.04 bits per heavy atom. The molecule has 0 spiro atoms. The molecule has 3 unspecified atom stereocenters. The highest BCUT2D eigenvalue weighted by atomic mass is 16.2. The molecule has 2 saturated heterocycles. The smallest absolute Gasteiger partial charge is 0.243 e. The van der Waals surface area contributed by atoms with Gasteiger partial charge in [0.2, 0.25) is 5.91 Å². The van der Waals surface area contributed by atoms with E-state index in [1.807, 2.05) is 0 Å². The second-order valence-electron chi connectivity index (χ2n) is 8.53. The number of guanidine groups is 1. The third-order valence-corrected chi connectivity index (χ3v) is 5.97. The standard InChI is InChI=1S/C20H40N6O/c1-7-25-10-8-9-17(25)11-21-20(22-12-19(27)24(5)6)23-18-14-26(15(2)3)13-16(18)4/h15-18H,7-14H2,1-6H3,(H2,21,22,23). The average molecular weight is 381 g/mol. The van der Waals surface area contributed by atoms with Crippen LogP contribution in [-0.4, -0.2) is 98.1 Å². The summed E-state index contributed by atoms with van der Waals surface area (Å²) in [6, 6.07) is 1.47. The lowest BCUT2D eigenvalue weighted by molar-refractivity contribution is -0.127. The van der Waals surface area contributed by atoms with Crippen molar-refractivity contribution < 1.29 is 4.79 Å². The van der Waals surface area contributed by atoms with E-state index in [9.17, 15) is 4.79 Å². The number of likely N-dealkylation sites (N-methyl/N-ethyl adjacent to an activating group) is 2. The molecule has 2 fully saturated rings. The highest BCUT2D eigenvalue weighted by Crippen LogP contribution is 2.19. The van der Waals surface area contributed by atoms with E-state index >= 15 is 0 Å². The molecule has 2 rings (SSSR count). The van der Waals surface area contributed by atoms with Crippen LogP contribution >= 0.6 is 0 Å². The van der Waals surface area contributed by atoms with Crippen molar-refractivity contribution in [1.29, 1.82) is 0 Å². The van der Waals surface area contributed by atoms with Crippen molar-refractivity contribution in [3.63, 3.8) is 0 Å². The number of carbonyl (C=O) groups is 1. The van der Waals surface area contributed by atoms with Gasteiger partial charge in [-0.3, -0.25) is 14.6 Å². The van der Waals surface area contributed by atoms with Crippen molar-refractivity contribution in [3.05, 3.63) is 0 Å². The van der Waals surface area contributed by atoms with E-state index in [1.165, 1.54) is 19.4 Å². The Balaban J connectivity index is 1.98. The molecule has 2 aliphatic heterocycles. The third kappa shape index (κ3) is 6.35. The molecule has 3 atom stereocenters. The third-order valence-electron chi connectivity index (χ3n) is 5.97. The topological polar surface area (TPSA) is 63.2 Å². The largest absolute Gasteiger partial charge is 0.355 e. The molecule has 1 amide bonds. The van der Waals surface area contributed by atoms with Gasteiger partial charge in [0.1, 0.15) is 6.54 Å². The zero-order valence-corrected chi connectivity index (χ0v) is 18.2. The number of aliphatic imine (C=N–C) groups is 1. The van der Waals surface area contributed by atoms with Gasteiger partial charge in [-0.2, -0.15) is 0 Å². The molecular weight excluding hydrogens is 340 g/mol. The first-order chi connectivity index (χ1) is 12.8. The molecule has 27 heavy (non-hydrogen) atoms. The van der Waals surface area contributed by atoms with Crippen LogP contribution in [0.4, 0.5) is 0 Å². The van der Waals surface area contributed by atoms with Gasteiger partial charge in [0.15, 0.2) is 5.96 Å². The molecule has 0 bridgehead atoms. The molecule has 2 heterocycles. The summed E-state index contributed by atoms with van der Waals surface area (Å²) < 4.78 is 0. The van der Waals surface area contributed by atoms with Gasteiger partial charge in [0.25, 0.3) is 0 Å². The van der Waals surface area contributed by atoms with Gasteiger partial charge in [0, 0.05) is 51.9 Å². The molecule has 0 aromatic heterocycles. The second-order valence-corrected chi connectivity index (χ2v) is 8.53. The number of rotatable bonds is 7. The minimum Gasteiger partial charge on any atom is -0.355 e. The lowest BCUT2D eigenvalue weighted by Crippen LogP contribution is -2.50. The van der Waals surface area contributed by atoms with Gasteiger partial charge in [-0.1, -0.05) is 13.8 Å². The van der Waals surface area contributed by atoms with Crippen molar-refractivity contribution >= 4 is 11.9 Å². The number of amides is 1. The molecule has 156 valence electrons. The lowest BCUT2D eigenvalue weighted by Gasteiger charge is -2.26. The average Bonchev–Trinajstić information content (AvgIpc) is 3.23. The summed E-state index contributed by atoms with van der Waals surface area (Å²) in [4.78, 5) is 23.2. The molecule has 0 aromatic carbocycles. The maximum atomic E-state index is 12.0. The number of hydrogen-bond acceptors (Lipinski definition) is 4. The summed E-state index contributed by atoms with van der Waals surface area (Å²) in [5.74, 6) is 1.36. The number of carbonyl (C=O) groups excluding carboxylic acids is 1. The summed E-state index contributed by atoms with van der Waals surface area (Å²) in [5.41, 5.74) is 0. The number of nitrogens with one attached hydrogen (secondary N) is 2. The van der Waals surface area contributed by atoms with Gasteiger partial charge >= 0.3 is 0 Å². The first kappa shape index (κ1) is 22.0. The summed E-state index contributed by atoms with van der Waals surface area (Å²) >= 11 is 0. The minimum absolute atomic E-state index is 0.0235. The highest BCUT2D eigenvalue weighted by molar-refractivity contribution is 5.85. The quantitative estimate of drug-likeness (QED) is 0.506. The van der Waals surface area contributed by atoms with Crippen LogP contribution in [0, 0.1) is 5.92 Å². The Hall–Kier alpha value is -1.34. The molecule has 7 nitrogen and oxygen atoms in total. The molecule has 2 aliphatic rings. The predicted molar refractivity (Wildman–Crippen MR) is 112 cm³/mol. The van der Waals surface area contributed by atoms with Gasteiger partial charge in [0.05, 0.1) is 0 Å². The van der Waals surface area contributed by atoms with E-state index in [-0.39, 0.29) is 12.5 Å². The van der Waals surface area contributed by atoms with Crippen LogP contribution in [0.5, 0.6) is 0 Å². The summed E-state index contributed by atoms with van der Waals surface area (Å²) in [5, 5.41) is 7.13. The molecular formula is C20H40N6O. The van der Waals surface area contributed by atoms with Gasteiger partial charge in [-0.05, 0) is 45.7 Å². The normalized spacial score (nSPS) is 27.4. The number of likely N-dealkylation sites (tertiary alicyclic amines) is 2. The predicted octanol–water partition coefficient (Wildman–Crippen LogP) is 0.823. The molecule has 0 aromatic rings. The summed E-state index contributed by atoms with van der Waals surface area (Å²) in [6.07, 6.45) is 2.49. The van der Waals surface area contributed by atoms with Crippen molar-refractivity contribution in [3.8, 4) is 0 Å². The molecule has 2 N–H and O–H groups in total. The number of nitrogens with zero attached hydrogens (tertiary/aromatic N) is 4. The van der Waals surface area contributed by atoms with Crippen molar-refractivity contribution in [1.82, 2.24) is 25.3 Å². The van der Waals surface area contributed by atoms with Crippen LogP contribution in [0.25, 0.3) is 0 Å². The van der Waals surface area contributed by atoms with Crippen molar-refractivity contribution in [2.24, 2.45) is 10.9 Å². The van der Waals surface area contributed by atoms with Crippen LogP contribution in [0.3, 0.4) is 0 Å². The number of hydrogen-bond donors (Lipinski definition) is 2. The van der Waals surface area contributed by atoms with Crippen LogP contribution in [0.15, 0.2) is 4.99 Å². The van der Waals surface area contributed by atoms with Crippen LogP contribution in [0.1, 0.15) is 40.5 Å². The summed E-state index contributed by atoms with van der Waals surface area (Å²) in [7, 11) is 3.55. The zero-order chi connectivity index (χ0) is 20.0. The maximum Gasteiger partial charge on any atom is 0.243 e. The van der Waals surface area contributed by atoms with Crippen LogP contribution < -0.4 is 10.6 Å². The van der Waals surface area contributed by atoms with E-state index in [2.05, 4.69) is 53.1 Å². The Labute approximate surface area is 165 Å². The summed E-state index contributed by atoms with van der Waals surface area (Å²) in [6.45, 7) is 14.5. The zero-order valence-electron chi connectivity index (χ0n) is 18.2. The Kier molecular flexibility index (Phi) is 8.35. The molecule has 0 aliphatic carbocycles. The fraction of sp³-hybridized carbons (Fsp3) is 0.900. The van der Waals surface area contributed by atoms with Crippen LogP contribution in [0.2, 0.25) is 0 Å². The van der Waals surface area contributed by atoms with Crippen molar-refractivity contribution in [2.75, 3.05) is 53.4 Å². The molecule has 7 heteroatoms. The van der Waals surface area contributed by atoms with E-state index < -0.39 is 0 Å². The Bertz CT molecular complexity index is 507. The van der Waals surface area contributed by atoms with E-state index in [1.54, 1.807) is 19.0 Å². The van der Waals surface area contributed by atoms with E-state index in [0.29, 0.717) is 24.0 Å². The lowest BCUT2D eigenvalue weighted by atomic mass is 10.1. The highest BCUT2D eigenvalue weighted by Gasteiger charge is 2.31. The van der Waals surface area contributed by atoms with Gasteiger partial charge in [-0.25, -0.2) is 4.99 Å². The Morgan fingerprint density at radius 1 is 1.30 bits per heavy atom. The van der Waals surface area contributed by atoms with Gasteiger partial charge < -0.3 is 15.5 Å². The van der Waals surface area contributed by atoms with Crippen LogP contribution in [-0.2, 0) is 4.79 Å². The molecule has 0 radical (unpaired) electrons. The van der Waals surface area contributed by atoms with E-state index in [0.717, 1.165) is 32.1 Å². The SMILES string of the molecule is CCN1CCCC1CNC(=NCC(=O)N(C)C)NC1CN(C(C)C)CC1C. The first-order valence-electron chi connectivity index (χ1n) is 10.5. The maximum absolute atomic E-state index is 12.0.